The van der Waals surface area contributed by atoms with Gasteiger partial charge in [-0.05, 0) is 25.0 Å². The molecule has 1 rings (SSSR count). The summed E-state index contributed by atoms with van der Waals surface area (Å²) in [4.78, 5) is 11.2. The molecule has 3 N–H and O–H groups in total. The van der Waals surface area contributed by atoms with Crippen LogP contribution in [0.3, 0.4) is 0 Å². The predicted octanol–water partition coefficient (Wildman–Crippen LogP) is 2.04. The van der Waals surface area contributed by atoms with Crippen LogP contribution in [0.15, 0.2) is 18.2 Å². The summed E-state index contributed by atoms with van der Waals surface area (Å²) in [7, 11) is 0. The van der Waals surface area contributed by atoms with E-state index < -0.39 is 17.2 Å². The molecule has 1 unspecified atom stereocenters. The Bertz CT molecular complexity index is 406. The van der Waals surface area contributed by atoms with Crippen molar-refractivity contribution in [1.82, 2.24) is 0 Å². The van der Waals surface area contributed by atoms with Crippen molar-refractivity contribution in [2.24, 2.45) is 5.73 Å². The van der Waals surface area contributed by atoms with E-state index >= 15 is 0 Å². The Hall–Kier alpha value is -1.42. The molecule has 0 bridgehead atoms. The van der Waals surface area contributed by atoms with Crippen molar-refractivity contribution >= 4 is 5.97 Å². The van der Waals surface area contributed by atoms with E-state index in [1.165, 1.54) is 6.07 Å². The Morgan fingerprint density at radius 3 is 2.56 bits per heavy atom. The fourth-order valence-electron chi connectivity index (χ4n) is 1.53. The number of benzene rings is 1. The van der Waals surface area contributed by atoms with Gasteiger partial charge in [0.05, 0.1) is 5.41 Å². The SMILES string of the molecule is CCC(C)(C(=O)O)c1ccc(CN)c(F)c1. The van der Waals surface area contributed by atoms with Gasteiger partial charge >= 0.3 is 5.97 Å². The van der Waals surface area contributed by atoms with Crippen LogP contribution in [-0.2, 0) is 16.8 Å². The molecule has 0 aromatic heterocycles. The van der Waals surface area contributed by atoms with Crippen LogP contribution in [0.1, 0.15) is 31.4 Å². The highest BCUT2D eigenvalue weighted by Crippen LogP contribution is 2.29. The van der Waals surface area contributed by atoms with Gasteiger partial charge in [-0.25, -0.2) is 4.39 Å². The van der Waals surface area contributed by atoms with Crippen molar-refractivity contribution < 1.29 is 14.3 Å². The van der Waals surface area contributed by atoms with Crippen molar-refractivity contribution in [2.45, 2.75) is 32.2 Å². The van der Waals surface area contributed by atoms with Gasteiger partial charge in [0.1, 0.15) is 5.82 Å². The Morgan fingerprint density at radius 2 is 2.19 bits per heavy atom. The third-order valence-corrected chi connectivity index (χ3v) is 3.09. The van der Waals surface area contributed by atoms with Crippen molar-refractivity contribution in [3.63, 3.8) is 0 Å². The number of hydrogen-bond acceptors (Lipinski definition) is 2. The van der Waals surface area contributed by atoms with E-state index in [9.17, 15) is 9.18 Å². The lowest BCUT2D eigenvalue weighted by molar-refractivity contribution is -0.143. The number of carbonyl (C=O) groups is 1. The van der Waals surface area contributed by atoms with Crippen LogP contribution in [0.4, 0.5) is 4.39 Å². The van der Waals surface area contributed by atoms with Crippen LogP contribution in [0, 0.1) is 5.82 Å². The molecule has 16 heavy (non-hydrogen) atoms. The van der Waals surface area contributed by atoms with E-state index in [-0.39, 0.29) is 6.54 Å². The summed E-state index contributed by atoms with van der Waals surface area (Å²) in [6.07, 6.45) is 0.406. The number of hydrogen-bond donors (Lipinski definition) is 2. The lowest BCUT2D eigenvalue weighted by Gasteiger charge is -2.23. The molecule has 0 radical (unpaired) electrons. The van der Waals surface area contributed by atoms with E-state index in [0.717, 1.165) is 0 Å². The predicted molar refractivity (Wildman–Crippen MR) is 59.6 cm³/mol. The van der Waals surface area contributed by atoms with Gasteiger partial charge in [0.2, 0.25) is 0 Å². The first-order chi connectivity index (χ1) is 7.45. The van der Waals surface area contributed by atoms with Crippen LogP contribution in [0.2, 0.25) is 0 Å². The maximum Gasteiger partial charge on any atom is 0.313 e. The molecule has 0 aliphatic rings. The number of carboxylic acids is 1. The fourth-order valence-corrected chi connectivity index (χ4v) is 1.53. The molecule has 0 saturated carbocycles. The number of rotatable bonds is 4. The van der Waals surface area contributed by atoms with Crippen molar-refractivity contribution in [3.05, 3.63) is 35.1 Å². The first-order valence-corrected chi connectivity index (χ1v) is 5.18. The van der Waals surface area contributed by atoms with Crippen molar-refractivity contribution in [1.29, 1.82) is 0 Å². The molecule has 0 fully saturated rings. The van der Waals surface area contributed by atoms with E-state index in [1.54, 1.807) is 26.0 Å². The molecule has 1 aromatic rings. The maximum atomic E-state index is 13.5. The van der Waals surface area contributed by atoms with Crippen LogP contribution in [-0.4, -0.2) is 11.1 Å². The van der Waals surface area contributed by atoms with Gasteiger partial charge in [-0.1, -0.05) is 19.1 Å². The van der Waals surface area contributed by atoms with Gasteiger partial charge in [0.15, 0.2) is 0 Å². The summed E-state index contributed by atoms with van der Waals surface area (Å²) in [6, 6.07) is 4.43. The minimum absolute atomic E-state index is 0.113. The summed E-state index contributed by atoms with van der Waals surface area (Å²) >= 11 is 0. The summed E-state index contributed by atoms with van der Waals surface area (Å²) < 4.78 is 13.5. The first kappa shape index (κ1) is 12.6. The second kappa shape index (κ2) is 4.61. The van der Waals surface area contributed by atoms with Crippen LogP contribution >= 0.6 is 0 Å². The highest BCUT2D eigenvalue weighted by Gasteiger charge is 2.33. The second-order valence-corrected chi connectivity index (χ2v) is 4.00. The Morgan fingerprint density at radius 1 is 1.56 bits per heavy atom. The van der Waals surface area contributed by atoms with Gasteiger partial charge in [-0.2, -0.15) is 0 Å². The summed E-state index contributed by atoms with van der Waals surface area (Å²) in [5, 5.41) is 9.16. The first-order valence-electron chi connectivity index (χ1n) is 5.18. The number of aliphatic carboxylic acids is 1. The van der Waals surface area contributed by atoms with Crippen LogP contribution < -0.4 is 5.73 Å². The molecule has 4 heteroatoms. The van der Waals surface area contributed by atoms with E-state index in [1.807, 2.05) is 0 Å². The molecule has 0 spiro atoms. The van der Waals surface area contributed by atoms with Gasteiger partial charge in [0, 0.05) is 12.1 Å². The Balaban J connectivity index is 3.23. The monoisotopic (exact) mass is 225 g/mol. The summed E-state index contributed by atoms with van der Waals surface area (Å²) in [6.45, 7) is 3.47. The quantitative estimate of drug-likeness (QED) is 0.824. The minimum atomic E-state index is -1.05. The normalized spacial score (nSPS) is 14.5. The van der Waals surface area contributed by atoms with Crippen molar-refractivity contribution in [2.75, 3.05) is 0 Å². The Kier molecular flexibility index (Phi) is 3.65. The zero-order valence-corrected chi connectivity index (χ0v) is 9.46. The largest absolute Gasteiger partial charge is 0.481 e. The molecule has 0 amide bonds. The molecule has 0 aliphatic heterocycles. The lowest BCUT2D eigenvalue weighted by atomic mass is 9.80. The minimum Gasteiger partial charge on any atom is -0.481 e. The highest BCUT2D eigenvalue weighted by atomic mass is 19.1. The zero-order valence-electron chi connectivity index (χ0n) is 9.46. The standard InChI is InChI=1S/C12H16FNO2/c1-3-12(2,11(15)16)9-5-4-8(7-14)10(13)6-9/h4-6H,3,7,14H2,1-2H3,(H,15,16). The van der Waals surface area contributed by atoms with Crippen LogP contribution in [0.25, 0.3) is 0 Å². The number of carboxylic acid groups (broad SMARTS) is 1. The average molecular weight is 225 g/mol. The van der Waals surface area contributed by atoms with Gasteiger partial charge < -0.3 is 10.8 Å². The molecule has 1 atom stereocenters. The third kappa shape index (κ3) is 2.07. The number of halogens is 1. The summed E-state index contributed by atoms with van der Waals surface area (Å²) in [5.41, 5.74) is 5.16. The highest BCUT2D eigenvalue weighted by molar-refractivity contribution is 5.80. The van der Waals surface area contributed by atoms with E-state index in [4.69, 9.17) is 10.8 Å². The molecule has 1 aromatic carbocycles. The van der Waals surface area contributed by atoms with Gasteiger partial charge in [0.25, 0.3) is 0 Å². The molecular formula is C12H16FNO2. The summed E-state index contributed by atoms with van der Waals surface area (Å²) in [5.74, 6) is -1.39. The Labute approximate surface area is 94.1 Å². The second-order valence-electron chi connectivity index (χ2n) is 4.00. The molecule has 0 heterocycles. The topological polar surface area (TPSA) is 63.3 Å². The fraction of sp³-hybridized carbons (Fsp3) is 0.417. The molecule has 0 saturated heterocycles. The molecule has 88 valence electrons. The zero-order chi connectivity index (χ0) is 12.3. The van der Waals surface area contributed by atoms with E-state index in [0.29, 0.717) is 17.5 Å². The van der Waals surface area contributed by atoms with Crippen molar-refractivity contribution in [3.8, 4) is 0 Å². The lowest BCUT2D eigenvalue weighted by Crippen LogP contribution is -2.31. The molecular weight excluding hydrogens is 209 g/mol. The number of nitrogens with two attached hydrogens (primary N) is 1. The van der Waals surface area contributed by atoms with Gasteiger partial charge in [-0.15, -0.1) is 0 Å². The van der Waals surface area contributed by atoms with E-state index in [2.05, 4.69) is 0 Å². The molecule has 3 nitrogen and oxygen atoms in total. The average Bonchev–Trinajstić information content (AvgIpc) is 2.27. The van der Waals surface area contributed by atoms with Gasteiger partial charge in [-0.3, -0.25) is 4.79 Å². The molecule has 0 aliphatic carbocycles. The smallest absolute Gasteiger partial charge is 0.313 e. The van der Waals surface area contributed by atoms with Crippen LogP contribution in [0.5, 0.6) is 0 Å². The third-order valence-electron chi connectivity index (χ3n) is 3.09. The maximum absolute atomic E-state index is 13.5.